The van der Waals surface area contributed by atoms with Crippen LogP contribution in [-0.2, 0) is 27.1 Å². The SMILES string of the molecule is Cc1ncsc1-c1ccc(CNC(=O)[C@@H]2C[C@@H](O)CN2C(=O)[C@@H](CC(=O)CCCCCCCCCC(=O)c2ccc(F)c(-c3ccc(N4C[C@@H](C)N(C)[C@@H](C)C4)c(NC(=O)c4c[nH]c(=O)cc4C(F)(F)F)c3)c2)C(C)(C)C)cc1. The molecule has 3 aromatic carbocycles. The maximum absolute atomic E-state index is 15.6. The van der Waals surface area contributed by atoms with E-state index in [1.165, 1.54) is 29.2 Å². The number of thiazole rings is 1. The Morgan fingerprint density at radius 1 is 0.848 bits per heavy atom. The van der Waals surface area contributed by atoms with Crippen LogP contribution in [0.5, 0.6) is 0 Å². The van der Waals surface area contributed by atoms with Crippen LogP contribution in [0.1, 0.15) is 143 Å². The van der Waals surface area contributed by atoms with Crippen LogP contribution in [0, 0.1) is 24.1 Å². The third-order valence-electron chi connectivity index (χ3n) is 15.4. The summed E-state index contributed by atoms with van der Waals surface area (Å²) >= 11 is 1.56. The Balaban J connectivity index is 0.872. The fourth-order valence-electron chi connectivity index (χ4n) is 10.6. The standard InChI is InChI=1S/C60H73F4N7O7S/c1-36-32-70(33-37(2)69(36)7)51-24-22-41(26-50(51)68-56(76)46-31-65-54(75)29-47(46)60(62,63)64)45-25-42(21-23-49(45)61)53(74)16-14-12-10-8-9-11-13-15-43(72)27-48(59(4,5)6)58(78)71-34-44(73)28-52(71)57(77)66-30-39-17-19-40(20-18-39)55-38(3)67-35-79-55/h17-26,29,31,35-37,44,48,52,73H,8-16,27-28,30,32-34H2,1-7H3,(H,65,75)(H,66,77)(H,68,76)/t36-,37+,44-,48-,52+/m1/s1. The summed E-state index contributed by atoms with van der Waals surface area (Å²) in [6, 6.07) is 16.4. The van der Waals surface area contributed by atoms with E-state index >= 15 is 4.39 Å². The van der Waals surface area contributed by atoms with Gasteiger partial charge in [0, 0.05) is 93.3 Å². The number of H-pyrrole nitrogens is 1. The number of β-amino-alcohol motifs (C(OH)–C–C–N with tert-alkyl or cyclic N) is 1. The van der Waals surface area contributed by atoms with E-state index in [2.05, 4.69) is 25.5 Å². The average Bonchev–Trinajstić information content (AvgIpc) is 4.08. The van der Waals surface area contributed by atoms with Crippen molar-refractivity contribution in [2.45, 2.75) is 149 Å². The number of nitrogens with zero attached hydrogens (tertiary/aromatic N) is 4. The number of likely N-dealkylation sites (N-methyl/N-ethyl adjacent to an activating group) is 1. The second-order valence-corrected chi connectivity index (χ2v) is 23.3. The number of piperazine rings is 1. The molecule has 424 valence electrons. The fraction of sp³-hybridized carbons (Fsp3) is 0.483. The molecule has 14 nitrogen and oxygen atoms in total. The number of hydrogen-bond acceptors (Lipinski definition) is 11. The highest BCUT2D eigenvalue weighted by atomic mass is 32.1. The molecular formula is C60H73F4N7O7S. The van der Waals surface area contributed by atoms with Crippen LogP contribution >= 0.6 is 11.3 Å². The van der Waals surface area contributed by atoms with Crippen LogP contribution in [0.4, 0.5) is 28.9 Å². The van der Waals surface area contributed by atoms with Gasteiger partial charge in [-0.25, -0.2) is 9.37 Å². The van der Waals surface area contributed by atoms with Crippen molar-refractivity contribution in [1.82, 2.24) is 25.1 Å². The van der Waals surface area contributed by atoms with Gasteiger partial charge in [-0.1, -0.05) is 83.2 Å². The van der Waals surface area contributed by atoms with Gasteiger partial charge >= 0.3 is 6.18 Å². The number of anilines is 2. The number of ketones is 2. The lowest BCUT2D eigenvalue weighted by atomic mass is 9.76. The van der Waals surface area contributed by atoms with Crippen molar-refractivity contribution in [3.63, 3.8) is 0 Å². The first-order chi connectivity index (χ1) is 37.4. The molecule has 2 fully saturated rings. The number of aromatic nitrogens is 2. The number of alkyl halides is 3. The van der Waals surface area contributed by atoms with Gasteiger partial charge in [0.15, 0.2) is 5.78 Å². The highest BCUT2D eigenvalue weighted by Crippen LogP contribution is 2.38. The van der Waals surface area contributed by atoms with Gasteiger partial charge in [0.05, 0.1) is 44.7 Å². The van der Waals surface area contributed by atoms with Crippen LogP contribution in [-0.4, -0.2) is 105 Å². The lowest BCUT2D eigenvalue weighted by Gasteiger charge is -2.44. The van der Waals surface area contributed by atoms with E-state index in [0.717, 1.165) is 60.0 Å². The van der Waals surface area contributed by atoms with Crippen molar-refractivity contribution >= 4 is 52.0 Å². The number of pyridine rings is 1. The summed E-state index contributed by atoms with van der Waals surface area (Å²) in [5.41, 5.74) is 2.20. The van der Waals surface area contributed by atoms with Crippen LogP contribution in [0.15, 0.2) is 83.2 Å². The van der Waals surface area contributed by atoms with Crippen molar-refractivity contribution < 1.29 is 46.6 Å². The molecule has 4 heterocycles. The van der Waals surface area contributed by atoms with Crippen LogP contribution in [0.2, 0.25) is 0 Å². The summed E-state index contributed by atoms with van der Waals surface area (Å²) in [5, 5.41) is 16.2. The molecule has 2 saturated heterocycles. The number of hydrogen-bond donors (Lipinski definition) is 4. The Hall–Kier alpha value is -6.57. The minimum atomic E-state index is -4.99. The predicted octanol–water partition coefficient (Wildman–Crippen LogP) is 11.0. The lowest BCUT2D eigenvalue weighted by Crippen LogP contribution is -2.55. The third-order valence-corrected chi connectivity index (χ3v) is 16.4. The first-order valence-electron chi connectivity index (χ1n) is 27.2. The molecule has 5 atom stereocenters. The van der Waals surface area contributed by atoms with E-state index in [1.54, 1.807) is 29.0 Å². The Morgan fingerprint density at radius 3 is 2.13 bits per heavy atom. The maximum atomic E-state index is 15.6. The zero-order valence-electron chi connectivity index (χ0n) is 46.1. The van der Waals surface area contributed by atoms with Crippen LogP contribution in [0.25, 0.3) is 21.6 Å². The molecule has 2 aliphatic heterocycles. The number of unbranched alkanes of at least 4 members (excludes halogenated alkanes) is 6. The van der Waals surface area contributed by atoms with Gasteiger partial charge in [-0.3, -0.25) is 33.7 Å². The number of aliphatic hydroxyl groups excluding tert-OH is 1. The molecule has 2 aromatic heterocycles. The van der Waals surface area contributed by atoms with E-state index < -0.39 is 58.1 Å². The normalized spacial score (nSPS) is 18.4. The highest BCUT2D eigenvalue weighted by Gasteiger charge is 2.44. The molecule has 0 bridgehead atoms. The molecular weight excluding hydrogens is 1040 g/mol. The van der Waals surface area contributed by atoms with E-state index in [9.17, 15) is 47.0 Å². The summed E-state index contributed by atoms with van der Waals surface area (Å²) in [6.45, 7) is 13.1. The number of carbonyl (C=O) groups excluding carboxylic acids is 5. The Morgan fingerprint density at radius 2 is 1.49 bits per heavy atom. The minimum absolute atomic E-state index is 0.0183. The molecule has 2 aliphatic rings. The average molecular weight is 1110 g/mol. The number of amides is 3. The summed E-state index contributed by atoms with van der Waals surface area (Å²) in [6.07, 6.45) is 1.04. The van der Waals surface area contributed by atoms with Crippen LogP contribution in [0.3, 0.4) is 0 Å². The smallest absolute Gasteiger partial charge is 0.391 e. The molecule has 0 aliphatic carbocycles. The van der Waals surface area contributed by atoms with Crippen molar-refractivity contribution in [1.29, 1.82) is 0 Å². The number of benzene rings is 3. The van der Waals surface area contributed by atoms with Gasteiger partial charge in [-0.2, -0.15) is 13.2 Å². The third kappa shape index (κ3) is 15.4. The van der Waals surface area contributed by atoms with Gasteiger partial charge in [-0.15, -0.1) is 11.3 Å². The van der Waals surface area contributed by atoms with Crippen molar-refractivity contribution in [2.75, 3.05) is 36.9 Å². The molecule has 4 N–H and O–H groups in total. The molecule has 0 radical (unpaired) electrons. The molecule has 3 amide bonds. The number of likely N-dealkylation sites (tertiary alicyclic amines) is 1. The summed E-state index contributed by atoms with van der Waals surface area (Å²) in [4.78, 5) is 93.2. The molecule has 0 unspecified atom stereocenters. The van der Waals surface area contributed by atoms with Crippen molar-refractivity contribution in [3.8, 4) is 21.6 Å². The highest BCUT2D eigenvalue weighted by molar-refractivity contribution is 7.13. The van der Waals surface area contributed by atoms with Gasteiger partial charge in [0.25, 0.3) is 5.91 Å². The summed E-state index contributed by atoms with van der Waals surface area (Å²) in [7, 11) is 2.00. The summed E-state index contributed by atoms with van der Waals surface area (Å²) in [5.74, 6) is -3.31. The maximum Gasteiger partial charge on any atom is 0.417 e. The minimum Gasteiger partial charge on any atom is -0.391 e. The number of aromatic amines is 1. The number of Topliss-reactive ketones (excluding diaryl/α,β-unsaturated/α-hetero) is 2. The number of aryl methyl sites for hydroxylation is 1. The Labute approximate surface area is 463 Å². The molecule has 19 heteroatoms. The van der Waals surface area contributed by atoms with Gasteiger partial charge < -0.3 is 30.5 Å². The second-order valence-electron chi connectivity index (χ2n) is 22.4. The Bertz CT molecular complexity index is 3030. The van der Waals surface area contributed by atoms with E-state index in [4.69, 9.17) is 0 Å². The molecule has 0 saturated carbocycles. The number of nitrogens with one attached hydrogen (secondary N) is 3. The topological polar surface area (TPSA) is 185 Å². The zero-order valence-corrected chi connectivity index (χ0v) is 46.9. The summed E-state index contributed by atoms with van der Waals surface area (Å²) < 4.78 is 57.7. The van der Waals surface area contributed by atoms with Gasteiger partial charge in [0.1, 0.15) is 17.6 Å². The lowest BCUT2D eigenvalue weighted by molar-refractivity contribution is -0.146. The number of carbonyl (C=O) groups is 5. The molecule has 79 heavy (non-hydrogen) atoms. The first-order valence-corrected chi connectivity index (χ1v) is 28.1. The van der Waals surface area contributed by atoms with Crippen LogP contribution < -0.4 is 21.1 Å². The zero-order chi connectivity index (χ0) is 57.3. The number of halogens is 4. The quantitative estimate of drug-likeness (QED) is 0.0295. The predicted molar refractivity (Wildman–Crippen MR) is 299 cm³/mol. The van der Waals surface area contributed by atoms with Crippen molar-refractivity contribution in [3.05, 3.63) is 123 Å². The van der Waals surface area contributed by atoms with Crippen molar-refractivity contribution in [2.24, 2.45) is 11.3 Å². The van der Waals surface area contributed by atoms with E-state index in [0.29, 0.717) is 44.1 Å². The molecule has 7 rings (SSSR count). The van der Waals surface area contributed by atoms with Gasteiger partial charge in [0.2, 0.25) is 17.4 Å². The van der Waals surface area contributed by atoms with E-state index in [1.807, 2.05) is 77.8 Å². The Kier molecular flexibility index (Phi) is 19.9. The monoisotopic (exact) mass is 1110 g/mol. The fourth-order valence-corrected chi connectivity index (χ4v) is 11.4. The van der Waals surface area contributed by atoms with E-state index in [-0.39, 0.29) is 90.2 Å². The van der Waals surface area contributed by atoms with Gasteiger partial charge in [-0.05, 0) is 93.1 Å². The second kappa shape index (κ2) is 26.1. The largest absolute Gasteiger partial charge is 0.417 e. The molecule has 0 spiro atoms. The first kappa shape index (κ1) is 60.1. The molecule has 5 aromatic rings. The number of aliphatic hydroxyl groups is 1. The number of rotatable bonds is 22.